The van der Waals surface area contributed by atoms with E-state index in [0.717, 1.165) is 41.8 Å². The molecule has 1 fully saturated rings. The Balaban J connectivity index is 2.26. The highest BCUT2D eigenvalue weighted by Gasteiger charge is 2.19. The number of para-hydroxylation sites is 1. The summed E-state index contributed by atoms with van der Waals surface area (Å²) in [6.45, 7) is 2.45. The van der Waals surface area contributed by atoms with Gasteiger partial charge in [0, 0.05) is 41.9 Å². The molecule has 0 aliphatic carbocycles. The lowest BCUT2D eigenvalue weighted by atomic mass is 10.1. The van der Waals surface area contributed by atoms with Crippen LogP contribution < -0.4 is 10.2 Å². The van der Waals surface area contributed by atoms with Crippen LogP contribution in [0.2, 0.25) is 5.02 Å². The molecular weight excluding hydrogens is 256 g/mol. The van der Waals surface area contributed by atoms with Gasteiger partial charge >= 0.3 is 0 Å². The second-order valence-corrected chi connectivity index (χ2v) is 6.22. The van der Waals surface area contributed by atoms with Gasteiger partial charge in [0.2, 0.25) is 0 Å². The van der Waals surface area contributed by atoms with Crippen molar-refractivity contribution in [3.63, 3.8) is 0 Å². The highest BCUT2D eigenvalue weighted by molar-refractivity contribution is 7.85. The quantitative estimate of drug-likeness (QED) is 0.908. The summed E-state index contributed by atoms with van der Waals surface area (Å²) in [6.07, 6.45) is 0. The summed E-state index contributed by atoms with van der Waals surface area (Å²) in [7, 11) is 1.27. The summed E-state index contributed by atoms with van der Waals surface area (Å²) < 4.78 is 11.4. The van der Waals surface area contributed by atoms with Gasteiger partial charge in [0.05, 0.1) is 10.7 Å². The van der Waals surface area contributed by atoms with E-state index in [1.165, 1.54) is 5.56 Å². The van der Waals surface area contributed by atoms with Gasteiger partial charge in [0.25, 0.3) is 0 Å². The fourth-order valence-corrected chi connectivity index (χ4v) is 3.47. The van der Waals surface area contributed by atoms with Gasteiger partial charge in [-0.15, -0.1) is 0 Å². The number of hydrogen-bond donors (Lipinski definition) is 1. The van der Waals surface area contributed by atoms with Crippen molar-refractivity contribution >= 4 is 28.1 Å². The molecule has 0 aromatic heterocycles. The van der Waals surface area contributed by atoms with Crippen LogP contribution >= 0.6 is 11.6 Å². The Morgan fingerprint density at radius 2 is 2.12 bits per heavy atom. The number of hydrogen-bond acceptors (Lipinski definition) is 3. The van der Waals surface area contributed by atoms with Crippen LogP contribution in [0.15, 0.2) is 18.2 Å². The topological polar surface area (TPSA) is 32.3 Å². The van der Waals surface area contributed by atoms with E-state index in [2.05, 4.69) is 16.3 Å². The fraction of sp³-hybridized carbons (Fsp3) is 0.500. The van der Waals surface area contributed by atoms with Gasteiger partial charge in [-0.1, -0.05) is 23.7 Å². The molecule has 17 heavy (non-hydrogen) atoms. The summed E-state index contributed by atoms with van der Waals surface area (Å²) in [5.41, 5.74) is 2.30. The van der Waals surface area contributed by atoms with Gasteiger partial charge in [-0.2, -0.15) is 0 Å². The standard InChI is InChI=1S/C12H17ClN2OS/c1-14-9-10-3-2-4-11(13)12(10)15-5-7-17(16)8-6-15/h2-4,14H,5-9H2,1H3. The van der Waals surface area contributed by atoms with Crippen LogP contribution in [0.3, 0.4) is 0 Å². The zero-order valence-electron chi connectivity index (χ0n) is 9.91. The first kappa shape index (κ1) is 12.9. The molecule has 0 atom stereocenters. The van der Waals surface area contributed by atoms with E-state index >= 15 is 0 Å². The molecular formula is C12H17ClN2OS. The monoisotopic (exact) mass is 272 g/mol. The van der Waals surface area contributed by atoms with Crippen molar-refractivity contribution < 1.29 is 4.21 Å². The van der Waals surface area contributed by atoms with E-state index in [-0.39, 0.29) is 0 Å². The number of nitrogens with one attached hydrogen (secondary N) is 1. The van der Waals surface area contributed by atoms with Crippen LogP contribution in [0.5, 0.6) is 0 Å². The summed E-state index contributed by atoms with van der Waals surface area (Å²) in [6, 6.07) is 5.98. The zero-order chi connectivity index (χ0) is 12.3. The lowest BCUT2D eigenvalue weighted by Gasteiger charge is -2.31. The molecule has 0 spiro atoms. The molecule has 1 aromatic rings. The maximum absolute atomic E-state index is 11.4. The smallest absolute Gasteiger partial charge is 0.0642 e. The molecule has 0 bridgehead atoms. The highest BCUT2D eigenvalue weighted by Crippen LogP contribution is 2.30. The van der Waals surface area contributed by atoms with Crippen molar-refractivity contribution in [1.82, 2.24) is 5.32 Å². The van der Waals surface area contributed by atoms with Crippen LogP contribution in [-0.4, -0.2) is 35.9 Å². The van der Waals surface area contributed by atoms with Crippen LogP contribution in [0, 0.1) is 0 Å². The minimum absolute atomic E-state index is 0.652. The zero-order valence-corrected chi connectivity index (χ0v) is 11.5. The number of benzene rings is 1. The van der Waals surface area contributed by atoms with Crippen LogP contribution in [0.4, 0.5) is 5.69 Å². The first-order valence-corrected chi connectivity index (χ1v) is 7.61. The molecule has 1 N–H and O–H groups in total. The molecule has 0 unspecified atom stereocenters. The average Bonchev–Trinajstić information content (AvgIpc) is 2.32. The lowest BCUT2D eigenvalue weighted by molar-refractivity contribution is 0.672. The molecule has 1 heterocycles. The molecule has 2 rings (SSSR count). The second kappa shape index (κ2) is 5.85. The molecule has 3 nitrogen and oxygen atoms in total. The Kier molecular flexibility index (Phi) is 4.42. The summed E-state index contributed by atoms with van der Waals surface area (Å²) in [5.74, 6) is 1.48. The lowest BCUT2D eigenvalue weighted by Crippen LogP contribution is -2.38. The van der Waals surface area contributed by atoms with Gasteiger partial charge in [-0.25, -0.2) is 0 Å². The normalized spacial score (nSPS) is 17.4. The Labute approximate surface area is 110 Å². The summed E-state index contributed by atoms with van der Waals surface area (Å²) in [4.78, 5) is 2.25. The van der Waals surface area contributed by atoms with E-state index in [1.54, 1.807) is 0 Å². The van der Waals surface area contributed by atoms with Crippen molar-refractivity contribution in [3.8, 4) is 0 Å². The van der Waals surface area contributed by atoms with Crippen molar-refractivity contribution in [2.45, 2.75) is 6.54 Å². The van der Waals surface area contributed by atoms with E-state index < -0.39 is 10.8 Å². The minimum Gasteiger partial charge on any atom is -0.368 e. The average molecular weight is 273 g/mol. The number of rotatable bonds is 3. The van der Waals surface area contributed by atoms with Crippen molar-refractivity contribution in [2.24, 2.45) is 0 Å². The van der Waals surface area contributed by atoms with E-state index in [4.69, 9.17) is 11.6 Å². The Morgan fingerprint density at radius 3 is 2.76 bits per heavy atom. The van der Waals surface area contributed by atoms with Gasteiger partial charge in [0.15, 0.2) is 0 Å². The number of halogens is 1. The van der Waals surface area contributed by atoms with E-state index in [1.807, 2.05) is 19.2 Å². The maximum Gasteiger partial charge on any atom is 0.0642 e. The first-order valence-electron chi connectivity index (χ1n) is 5.74. The van der Waals surface area contributed by atoms with Crippen LogP contribution in [-0.2, 0) is 17.3 Å². The van der Waals surface area contributed by atoms with Gasteiger partial charge in [-0.3, -0.25) is 4.21 Å². The van der Waals surface area contributed by atoms with Crippen molar-refractivity contribution in [2.75, 3.05) is 36.5 Å². The fourth-order valence-electron chi connectivity index (χ4n) is 2.11. The Bertz CT molecular complexity index is 415. The van der Waals surface area contributed by atoms with E-state index in [0.29, 0.717) is 0 Å². The Morgan fingerprint density at radius 1 is 1.41 bits per heavy atom. The SMILES string of the molecule is CNCc1cccc(Cl)c1N1CCS(=O)CC1. The van der Waals surface area contributed by atoms with Gasteiger partial charge in [0.1, 0.15) is 0 Å². The second-order valence-electron chi connectivity index (χ2n) is 4.11. The largest absolute Gasteiger partial charge is 0.368 e. The predicted octanol–water partition coefficient (Wildman–Crippen LogP) is 1.63. The van der Waals surface area contributed by atoms with Crippen LogP contribution in [0.1, 0.15) is 5.56 Å². The molecule has 94 valence electrons. The van der Waals surface area contributed by atoms with Crippen LogP contribution in [0.25, 0.3) is 0 Å². The number of nitrogens with zero attached hydrogens (tertiary/aromatic N) is 1. The highest BCUT2D eigenvalue weighted by atomic mass is 35.5. The molecule has 5 heteroatoms. The van der Waals surface area contributed by atoms with Crippen molar-refractivity contribution in [1.29, 1.82) is 0 Å². The molecule has 1 aromatic carbocycles. The molecule has 0 saturated carbocycles. The summed E-state index contributed by atoms with van der Waals surface area (Å²) >= 11 is 6.29. The van der Waals surface area contributed by atoms with Crippen molar-refractivity contribution in [3.05, 3.63) is 28.8 Å². The third-order valence-electron chi connectivity index (χ3n) is 2.93. The molecule has 1 aliphatic rings. The molecule has 0 radical (unpaired) electrons. The third-order valence-corrected chi connectivity index (χ3v) is 4.51. The molecule has 0 amide bonds. The number of anilines is 1. The summed E-state index contributed by atoms with van der Waals surface area (Å²) in [5, 5.41) is 3.94. The predicted molar refractivity (Wildman–Crippen MR) is 74.3 cm³/mol. The molecule has 1 aliphatic heterocycles. The maximum atomic E-state index is 11.4. The third kappa shape index (κ3) is 3.00. The van der Waals surface area contributed by atoms with Gasteiger partial charge < -0.3 is 10.2 Å². The first-order chi connectivity index (χ1) is 8.22. The Hall–Kier alpha value is -0.580. The minimum atomic E-state index is -0.652. The van der Waals surface area contributed by atoms with Gasteiger partial charge in [-0.05, 0) is 18.7 Å². The molecule has 1 saturated heterocycles. The van der Waals surface area contributed by atoms with E-state index in [9.17, 15) is 4.21 Å².